The average Bonchev–Trinajstić information content (AvgIpc) is 2.72. The Kier molecular flexibility index (Phi) is 5.20. The summed E-state index contributed by atoms with van der Waals surface area (Å²) in [6.45, 7) is 8.82. The van der Waals surface area contributed by atoms with E-state index in [9.17, 15) is 4.79 Å². The number of esters is 1. The topological polar surface area (TPSA) is 26.3 Å². The Morgan fingerprint density at radius 1 is 1.24 bits per heavy atom. The highest BCUT2D eigenvalue weighted by molar-refractivity contribution is 5.71. The highest BCUT2D eigenvalue weighted by atomic mass is 16.5. The van der Waals surface area contributed by atoms with Crippen LogP contribution in [0.25, 0.3) is 0 Å². The van der Waals surface area contributed by atoms with Crippen molar-refractivity contribution in [2.75, 3.05) is 6.61 Å². The summed E-state index contributed by atoms with van der Waals surface area (Å²) in [5.41, 5.74) is 3.94. The van der Waals surface area contributed by atoms with Crippen LogP contribution in [0.5, 0.6) is 0 Å². The molecule has 0 aromatic heterocycles. The maximum Gasteiger partial charge on any atom is 0.306 e. The molecule has 1 heterocycles. The molecule has 0 amide bonds. The first-order valence-corrected chi connectivity index (χ1v) is 6.37. The molecule has 0 saturated carbocycles. The third kappa shape index (κ3) is 3.88. The molecule has 1 aliphatic rings. The highest BCUT2D eigenvalue weighted by Gasteiger charge is 2.23. The van der Waals surface area contributed by atoms with E-state index in [1.165, 1.54) is 16.7 Å². The van der Waals surface area contributed by atoms with Crippen molar-refractivity contribution in [3.05, 3.63) is 34.9 Å². The molecule has 0 radical (unpaired) electrons. The lowest BCUT2D eigenvalue weighted by Gasteiger charge is -2.08. The van der Waals surface area contributed by atoms with Gasteiger partial charge in [0.25, 0.3) is 0 Å². The Hall–Kier alpha value is -1.31. The third-order valence-electron chi connectivity index (χ3n) is 3.03. The second kappa shape index (κ2) is 6.43. The summed E-state index contributed by atoms with van der Waals surface area (Å²) in [5, 5.41) is 0. The number of benzene rings is 1. The van der Waals surface area contributed by atoms with Crippen LogP contribution in [0, 0.1) is 19.8 Å². The number of hydrogen-bond donors (Lipinski definition) is 0. The van der Waals surface area contributed by atoms with Crippen LogP contribution in [-0.4, -0.2) is 12.6 Å². The Bertz CT molecular complexity index is 383. The van der Waals surface area contributed by atoms with Crippen molar-refractivity contribution in [3.8, 4) is 0 Å². The van der Waals surface area contributed by atoms with E-state index in [-0.39, 0.29) is 5.97 Å². The Morgan fingerprint density at radius 3 is 2.47 bits per heavy atom. The van der Waals surface area contributed by atoms with E-state index < -0.39 is 0 Å². The van der Waals surface area contributed by atoms with Gasteiger partial charge in [0.1, 0.15) is 0 Å². The van der Waals surface area contributed by atoms with Gasteiger partial charge in [-0.1, -0.05) is 32.0 Å². The molecule has 1 aromatic rings. The van der Waals surface area contributed by atoms with Crippen molar-refractivity contribution in [1.82, 2.24) is 0 Å². The van der Waals surface area contributed by atoms with Crippen LogP contribution in [0.15, 0.2) is 18.2 Å². The molecule has 0 bridgehead atoms. The first kappa shape index (κ1) is 13.8. The standard InChI is InChI=1S/C13H16O2.C2H6/c1-9-3-4-11(5-10(9)2)6-12-7-13(14)15-8-12;1-2/h3-5,12H,6-8H2,1-2H3;1-2H3/t12-;/m1./s1. The van der Waals surface area contributed by atoms with Gasteiger partial charge in [-0.2, -0.15) is 0 Å². The van der Waals surface area contributed by atoms with Gasteiger partial charge in [-0.05, 0) is 37.0 Å². The molecule has 1 aromatic carbocycles. The zero-order valence-corrected chi connectivity index (χ0v) is 11.2. The number of rotatable bonds is 2. The van der Waals surface area contributed by atoms with Crippen LogP contribution in [0.3, 0.4) is 0 Å². The van der Waals surface area contributed by atoms with Crippen LogP contribution in [0.2, 0.25) is 0 Å². The van der Waals surface area contributed by atoms with Gasteiger partial charge in [0.05, 0.1) is 13.0 Å². The monoisotopic (exact) mass is 234 g/mol. The molecule has 1 aliphatic heterocycles. The number of ether oxygens (including phenoxy) is 1. The molecule has 0 aliphatic carbocycles. The zero-order chi connectivity index (χ0) is 12.8. The summed E-state index contributed by atoms with van der Waals surface area (Å²) >= 11 is 0. The summed E-state index contributed by atoms with van der Waals surface area (Å²) in [5.74, 6) is 0.323. The number of carbonyl (C=O) groups excluding carboxylic acids is 1. The van der Waals surface area contributed by atoms with E-state index in [4.69, 9.17) is 4.74 Å². The quantitative estimate of drug-likeness (QED) is 0.733. The van der Waals surface area contributed by atoms with Gasteiger partial charge in [0.2, 0.25) is 0 Å². The minimum atomic E-state index is -0.0520. The van der Waals surface area contributed by atoms with Crippen molar-refractivity contribution < 1.29 is 9.53 Å². The largest absolute Gasteiger partial charge is 0.465 e. The minimum Gasteiger partial charge on any atom is -0.465 e. The lowest BCUT2D eigenvalue weighted by Crippen LogP contribution is -2.04. The van der Waals surface area contributed by atoms with Gasteiger partial charge in [-0.25, -0.2) is 0 Å². The molecular formula is C15H22O2. The molecule has 17 heavy (non-hydrogen) atoms. The zero-order valence-electron chi connectivity index (χ0n) is 11.2. The lowest BCUT2D eigenvalue weighted by molar-refractivity contribution is -0.137. The Morgan fingerprint density at radius 2 is 1.94 bits per heavy atom. The van der Waals surface area contributed by atoms with E-state index in [2.05, 4.69) is 32.0 Å². The van der Waals surface area contributed by atoms with Gasteiger partial charge >= 0.3 is 5.97 Å². The first-order valence-electron chi connectivity index (χ1n) is 6.37. The normalized spacial score (nSPS) is 18.4. The molecule has 0 N–H and O–H groups in total. The summed E-state index contributed by atoms with van der Waals surface area (Å²) in [6.07, 6.45) is 1.53. The molecule has 0 unspecified atom stereocenters. The Balaban J connectivity index is 0.000000686. The molecule has 2 heteroatoms. The van der Waals surface area contributed by atoms with Crippen LogP contribution < -0.4 is 0 Å². The first-order chi connectivity index (χ1) is 8.15. The molecular weight excluding hydrogens is 212 g/mol. The minimum absolute atomic E-state index is 0.0520. The van der Waals surface area contributed by atoms with Gasteiger partial charge in [-0.3, -0.25) is 4.79 Å². The van der Waals surface area contributed by atoms with E-state index in [1.807, 2.05) is 13.8 Å². The molecule has 2 rings (SSSR count). The van der Waals surface area contributed by atoms with Crippen LogP contribution in [-0.2, 0) is 16.0 Å². The van der Waals surface area contributed by atoms with E-state index in [0.717, 1.165) is 6.42 Å². The second-order valence-corrected chi connectivity index (χ2v) is 4.38. The fourth-order valence-corrected chi connectivity index (χ4v) is 1.96. The molecule has 0 spiro atoms. The van der Waals surface area contributed by atoms with Gasteiger partial charge in [0, 0.05) is 5.92 Å². The predicted octanol–water partition coefficient (Wildman–Crippen LogP) is 3.44. The molecule has 1 atom stereocenters. The van der Waals surface area contributed by atoms with Gasteiger partial charge in [0.15, 0.2) is 0 Å². The fourth-order valence-electron chi connectivity index (χ4n) is 1.96. The van der Waals surface area contributed by atoms with Gasteiger partial charge < -0.3 is 4.74 Å². The SMILES string of the molecule is CC.Cc1ccc(C[C@H]2COC(=O)C2)cc1C. The summed E-state index contributed by atoms with van der Waals surface area (Å²) in [6, 6.07) is 6.49. The van der Waals surface area contributed by atoms with Crippen molar-refractivity contribution in [2.45, 2.75) is 40.5 Å². The fraction of sp³-hybridized carbons (Fsp3) is 0.533. The molecule has 1 saturated heterocycles. The third-order valence-corrected chi connectivity index (χ3v) is 3.03. The van der Waals surface area contributed by atoms with Crippen molar-refractivity contribution in [2.24, 2.45) is 5.92 Å². The number of cyclic esters (lactones) is 1. The van der Waals surface area contributed by atoms with Gasteiger partial charge in [-0.15, -0.1) is 0 Å². The summed E-state index contributed by atoms with van der Waals surface area (Å²) < 4.78 is 4.95. The molecule has 1 fully saturated rings. The second-order valence-electron chi connectivity index (χ2n) is 4.38. The summed E-state index contributed by atoms with van der Waals surface area (Å²) in [4.78, 5) is 10.9. The summed E-state index contributed by atoms with van der Waals surface area (Å²) in [7, 11) is 0. The Labute approximate surface area is 104 Å². The van der Waals surface area contributed by atoms with E-state index >= 15 is 0 Å². The maximum absolute atomic E-state index is 10.9. The number of hydrogen-bond acceptors (Lipinski definition) is 2. The predicted molar refractivity (Wildman–Crippen MR) is 70.0 cm³/mol. The molecule has 2 nitrogen and oxygen atoms in total. The van der Waals surface area contributed by atoms with Crippen LogP contribution in [0.1, 0.15) is 37.0 Å². The van der Waals surface area contributed by atoms with E-state index in [1.54, 1.807) is 0 Å². The number of carbonyl (C=O) groups is 1. The highest BCUT2D eigenvalue weighted by Crippen LogP contribution is 2.20. The van der Waals surface area contributed by atoms with Crippen LogP contribution >= 0.6 is 0 Å². The average molecular weight is 234 g/mol. The van der Waals surface area contributed by atoms with Crippen LogP contribution in [0.4, 0.5) is 0 Å². The maximum atomic E-state index is 10.9. The van der Waals surface area contributed by atoms with Crippen molar-refractivity contribution in [1.29, 1.82) is 0 Å². The number of aryl methyl sites for hydroxylation is 2. The smallest absolute Gasteiger partial charge is 0.306 e. The van der Waals surface area contributed by atoms with Crippen molar-refractivity contribution in [3.63, 3.8) is 0 Å². The van der Waals surface area contributed by atoms with E-state index in [0.29, 0.717) is 18.9 Å². The lowest BCUT2D eigenvalue weighted by atomic mass is 9.96. The van der Waals surface area contributed by atoms with Crippen molar-refractivity contribution >= 4 is 5.97 Å². The molecule has 94 valence electrons.